The van der Waals surface area contributed by atoms with Crippen LogP contribution in [-0.4, -0.2) is 11.9 Å². The summed E-state index contributed by atoms with van der Waals surface area (Å²) in [7, 11) is 0. The van der Waals surface area contributed by atoms with Gasteiger partial charge in [-0.15, -0.1) is 11.3 Å². The van der Waals surface area contributed by atoms with Crippen molar-refractivity contribution in [3.8, 4) is 0 Å². The van der Waals surface area contributed by atoms with Gasteiger partial charge in [-0.3, -0.25) is 4.79 Å². The first kappa shape index (κ1) is 13.2. The van der Waals surface area contributed by atoms with Crippen molar-refractivity contribution in [2.45, 2.75) is 32.2 Å². The van der Waals surface area contributed by atoms with Crippen molar-refractivity contribution in [2.24, 2.45) is 0 Å². The van der Waals surface area contributed by atoms with Gasteiger partial charge in [0.2, 0.25) is 0 Å². The number of allylic oxidation sites excluding steroid dienone is 1. The molecule has 4 heteroatoms. The SMILES string of the molecule is Cc1ccc2c(N)c(C(=O)NC3CC=CCC3)sc2c1. The minimum Gasteiger partial charge on any atom is -0.397 e. The fourth-order valence-electron chi connectivity index (χ4n) is 2.57. The Morgan fingerprint density at radius 2 is 2.25 bits per heavy atom. The number of benzene rings is 1. The Morgan fingerprint density at radius 3 is 3.00 bits per heavy atom. The zero-order valence-corrected chi connectivity index (χ0v) is 12.3. The van der Waals surface area contributed by atoms with Crippen LogP contribution >= 0.6 is 11.3 Å². The lowest BCUT2D eigenvalue weighted by molar-refractivity contribution is 0.0939. The van der Waals surface area contributed by atoms with Crippen molar-refractivity contribution >= 4 is 33.0 Å². The fraction of sp³-hybridized carbons (Fsp3) is 0.312. The van der Waals surface area contributed by atoms with Gasteiger partial charge in [0, 0.05) is 16.1 Å². The highest BCUT2D eigenvalue weighted by Crippen LogP contribution is 2.34. The molecular weight excluding hydrogens is 268 g/mol. The Kier molecular flexibility index (Phi) is 3.49. The second kappa shape index (κ2) is 5.29. The van der Waals surface area contributed by atoms with Crippen LogP contribution in [0.2, 0.25) is 0 Å². The number of nitrogen functional groups attached to an aromatic ring is 1. The van der Waals surface area contributed by atoms with E-state index in [0.717, 1.165) is 29.3 Å². The second-order valence-corrected chi connectivity index (χ2v) is 6.35. The average molecular weight is 286 g/mol. The van der Waals surface area contributed by atoms with Crippen LogP contribution in [0.1, 0.15) is 34.5 Å². The Labute approximate surface area is 122 Å². The van der Waals surface area contributed by atoms with Gasteiger partial charge in [-0.2, -0.15) is 0 Å². The molecule has 1 atom stereocenters. The van der Waals surface area contributed by atoms with Crippen molar-refractivity contribution in [1.82, 2.24) is 5.32 Å². The lowest BCUT2D eigenvalue weighted by atomic mass is 10.0. The van der Waals surface area contributed by atoms with Crippen LogP contribution in [0.15, 0.2) is 30.4 Å². The van der Waals surface area contributed by atoms with Crippen molar-refractivity contribution in [1.29, 1.82) is 0 Å². The number of amides is 1. The number of hydrogen-bond acceptors (Lipinski definition) is 3. The van der Waals surface area contributed by atoms with Gasteiger partial charge >= 0.3 is 0 Å². The summed E-state index contributed by atoms with van der Waals surface area (Å²) >= 11 is 1.48. The van der Waals surface area contributed by atoms with Crippen LogP contribution < -0.4 is 11.1 Å². The minimum atomic E-state index is -0.0401. The molecule has 0 radical (unpaired) electrons. The van der Waals surface area contributed by atoms with E-state index in [2.05, 4.69) is 23.5 Å². The number of carbonyl (C=O) groups excluding carboxylic acids is 1. The van der Waals surface area contributed by atoms with Gasteiger partial charge in [0.1, 0.15) is 4.88 Å². The van der Waals surface area contributed by atoms with E-state index in [-0.39, 0.29) is 11.9 Å². The van der Waals surface area contributed by atoms with E-state index in [9.17, 15) is 4.79 Å². The molecular formula is C16H18N2OS. The van der Waals surface area contributed by atoms with Gasteiger partial charge in [-0.1, -0.05) is 24.3 Å². The molecule has 1 heterocycles. The molecule has 1 aromatic heterocycles. The molecule has 3 rings (SSSR count). The number of carbonyl (C=O) groups is 1. The Bertz CT molecular complexity index is 687. The van der Waals surface area contributed by atoms with E-state index in [0.29, 0.717) is 10.6 Å². The summed E-state index contributed by atoms with van der Waals surface area (Å²) < 4.78 is 1.08. The van der Waals surface area contributed by atoms with Crippen LogP contribution in [0.5, 0.6) is 0 Å². The number of nitrogens with two attached hydrogens (primary N) is 1. The zero-order chi connectivity index (χ0) is 14.1. The molecule has 0 saturated carbocycles. The summed E-state index contributed by atoms with van der Waals surface area (Å²) in [6.07, 6.45) is 7.25. The lowest BCUT2D eigenvalue weighted by Crippen LogP contribution is -2.35. The van der Waals surface area contributed by atoms with Gasteiger partial charge in [-0.05, 0) is 37.8 Å². The monoisotopic (exact) mass is 286 g/mol. The molecule has 104 valence electrons. The summed E-state index contributed by atoms with van der Waals surface area (Å²) in [5, 5.41) is 4.07. The van der Waals surface area contributed by atoms with E-state index < -0.39 is 0 Å². The van der Waals surface area contributed by atoms with Crippen molar-refractivity contribution in [2.75, 3.05) is 5.73 Å². The van der Waals surface area contributed by atoms with Crippen LogP contribution in [0.25, 0.3) is 10.1 Å². The van der Waals surface area contributed by atoms with Crippen molar-refractivity contribution < 1.29 is 4.79 Å². The molecule has 1 amide bonds. The molecule has 0 saturated heterocycles. The first-order chi connectivity index (χ1) is 9.65. The molecule has 20 heavy (non-hydrogen) atoms. The maximum atomic E-state index is 12.4. The predicted octanol–water partition coefficient (Wildman–Crippen LogP) is 3.63. The molecule has 3 nitrogen and oxygen atoms in total. The number of fused-ring (bicyclic) bond motifs is 1. The molecule has 0 spiro atoms. The number of rotatable bonds is 2. The van der Waals surface area contributed by atoms with Gasteiger partial charge < -0.3 is 11.1 Å². The predicted molar refractivity (Wildman–Crippen MR) is 85.2 cm³/mol. The summed E-state index contributed by atoms with van der Waals surface area (Å²) in [5.41, 5.74) is 7.92. The molecule has 1 aromatic carbocycles. The number of hydrogen-bond donors (Lipinski definition) is 2. The molecule has 0 bridgehead atoms. The van der Waals surface area contributed by atoms with Crippen molar-refractivity contribution in [3.63, 3.8) is 0 Å². The lowest BCUT2D eigenvalue weighted by Gasteiger charge is -2.18. The number of anilines is 1. The van der Waals surface area contributed by atoms with Crippen LogP contribution in [-0.2, 0) is 0 Å². The highest BCUT2D eigenvalue weighted by atomic mass is 32.1. The Hall–Kier alpha value is -1.81. The molecule has 1 aliphatic rings. The molecule has 2 aromatic rings. The smallest absolute Gasteiger partial charge is 0.263 e. The molecule has 1 unspecified atom stereocenters. The normalized spacial score (nSPS) is 18.4. The number of thiophene rings is 1. The third kappa shape index (κ3) is 2.43. The van der Waals surface area contributed by atoms with E-state index >= 15 is 0 Å². The maximum absolute atomic E-state index is 12.4. The Morgan fingerprint density at radius 1 is 1.40 bits per heavy atom. The Balaban J connectivity index is 1.87. The quantitative estimate of drug-likeness (QED) is 0.828. The summed E-state index contributed by atoms with van der Waals surface area (Å²) in [5.74, 6) is -0.0401. The first-order valence-corrected chi connectivity index (χ1v) is 7.71. The molecule has 1 aliphatic carbocycles. The standard InChI is InChI=1S/C16H18N2OS/c1-10-7-8-12-13(9-10)20-15(14(12)17)16(19)18-11-5-3-2-4-6-11/h2-3,7-9,11H,4-6,17H2,1H3,(H,18,19). The van der Waals surface area contributed by atoms with Gasteiger partial charge in [0.05, 0.1) is 5.69 Å². The summed E-state index contributed by atoms with van der Waals surface area (Å²) in [4.78, 5) is 13.0. The van der Waals surface area contributed by atoms with Crippen LogP contribution in [0.3, 0.4) is 0 Å². The average Bonchev–Trinajstić information content (AvgIpc) is 2.76. The van der Waals surface area contributed by atoms with Gasteiger partial charge in [0.25, 0.3) is 5.91 Å². The van der Waals surface area contributed by atoms with E-state index in [4.69, 9.17) is 5.73 Å². The third-order valence-electron chi connectivity index (χ3n) is 3.69. The van der Waals surface area contributed by atoms with E-state index in [1.54, 1.807) is 0 Å². The molecule has 3 N–H and O–H groups in total. The van der Waals surface area contributed by atoms with Crippen molar-refractivity contribution in [3.05, 3.63) is 40.8 Å². The highest BCUT2D eigenvalue weighted by molar-refractivity contribution is 7.21. The topological polar surface area (TPSA) is 55.1 Å². The molecule has 0 aliphatic heterocycles. The number of aryl methyl sites for hydroxylation is 1. The summed E-state index contributed by atoms with van der Waals surface area (Å²) in [6, 6.07) is 6.34. The number of nitrogens with one attached hydrogen (secondary N) is 1. The minimum absolute atomic E-state index is 0.0401. The third-order valence-corrected chi connectivity index (χ3v) is 4.86. The van der Waals surface area contributed by atoms with Crippen LogP contribution in [0, 0.1) is 6.92 Å². The maximum Gasteiger partial charge on any atom is 0.263 e. The summed E-state index contributed by atoms with van der Waals surface area (Å²) in [6.45, 7) is 2.05. The van der Waals surface area contributed by atoms with E-state index in [1.807, 2.05) is 19.1 Å². The van der Waals surface area contributed by atoms with Gasteiger partial charge in [-0.25, -0.2) is 0 Å². The van der Waals surface area contributed by atoms with Gasteiger partial charge in [0.15, 0.2) is 0 Å². The van der Waals surface area contributed by atoms with E-state index in [1.165, 1.54) is 16.9 Å². The van der Waals surface area contributed by atoms with Crippen LogP contribution in [0.4, 0.5) is 5.69 Å². The highest BCUT2D eigenvalue weighted by Gasteiger charge is 2.19. The second-order valence-electron chi connectivity index (χ2n) is 5.30. The zero-order valence-electron chi connectivity index (χ0n) is 11.5. The first-order valence-electron chi connectivity index (χ1n) is 6.89. The largest absolute Gasteiger partial charge is 0.397 e. The fourth-order valence-corrected chi connectivity index (χ4v) is 3.69. The molecule has 0 fully saturated rings.